The van der Waals surface area contributed by atoms with E-state index in [4.69, 9.17) is 0 Å². The normalized spacial score (nSPS) is 13.1. The topological polar surface area (TPSA) is 35.8 Å². The van der Waals surface area contributed by atoms with Gasteiger partial charge in [-0.3, -0.25) is 4.99 Å². The van der Waals surface area contributed by atoms with Crippen LogP contribution in [-0.4, -0.2) is 61.1 Å². The zero-order valence-electron chi connectivity index (χ0n) is 13.4. The van der Waals surface area contributed by atoms with Gasteiger partial charge in [-0.1, -0.05) is 0 Å². The fourth-order valence-electron chi connectivity index (χ4n) is 1.78. The maximum Gasteiger partial charge on any atom is 0.193 e. The van der Waals surface area contributed by atoms with Gasteiger partial charge in [0.05, 0.1) is 6.54 Å². The summed E-state index contributed by atoms with van der Waals surface area (Å²) < 4.78 is 2.13. The minimum atomic E-state index is 0. The van der Waals surface area contributed by atoms with Gasteiger partial charge in [0, 0.05) is 45.6 Å². The molecule has 1 heterocycles. The number of nitrogens with zero attached hydrogens (tertiary/aromatic N) is 4. The van der Waals surface area contributed by atoms with Crippen molar-refractivity contribution in [1.29, 1.82) is 0 Å². The van der Waals surface area contributed by atoms with Crippen LogP contribution in [0.4, 0.5) is 0 Å². The number of hydrogen-bond donors (Lipinski definition) is 1. The minimum absolute atomic E-state index is 0. The molecule has 6 heteroatoms. The highest BCUT2D eigenvalue weighted by Gasteiger charge is 2.10. The van der Waals surface area contributed by atoms with Crippen LogP contribution in [0.3, 0.4) is 0 Å². The van der Waals surface area contributed by atoms with Crippen LogP contribution in [0.1, 0.15) is 12.6 Å². The van der Waals surface area contributed by atoms with Crippen molar-refractivity contribution >= 4 is 29.9 Å². The summed E-state index contributed by atoms with van der Waals surface area (Å²) in [6.07, 6.45) is 2.06. The van der Waals surface area contributed by atoms with Crippen molar-refractivity contribution < 1.29 is 0 Å². The van der Waals surface area contributed by atoms with Crippen molar-refractivity contribution in [2.75, 3.05) is 34.7 Å². The van der Waals surface area contributed by atoms with Crippen LogP contribution in [-0.2, 0) is 13.6 Å². The molecule has 1 aromatic rings. The van der Waals surface area contributed by atoms with Gasteiger partial charge in [-0.25, -0.2) is 0 Å². The second-order valence-corrected chi connectivity index (χ2v) is 5.21. The molecule has 0 saturated carbocycles. The number of rotatable bonds is 5. The summed E-state index contributed by atoms with van der Waals surface area (Å²) in [5.74, 6) is 0.926. The van der Waals surface area contributed by atoms with Crippen molar-refractivity contribution in [3.63, 3.8) is 0 Å². The van der Waals surface area contributed by atoms with E-state index in [-0.39, 0.29) is 24.0 Å². The van der Waals surface area contributed by atoms with Crippen molar-refractivity contribution in [2.24, 2.45) is 12.0 Å². The fourth-order valence-corrected chi connectivity index (χ4v) is 1.78. The molecule has 0 aliphatic rings. The van der Waals surface area contributed by atoms with Crippen molar-refractivity contribution in [2.45, 2.75) is 19.5 Å². The van der Waals surface area contributed by atoms with E-state index in [2.05, 4.69) is 78.1 Å². The number of aromatic nitrogens is 1. The smallest absolute Gasteiger partial charge is 0.193 e. The molecule has 0 spiro atoms. The Morgan fingerprint density at radius 1 is 1.40 bits per heavy atom. The van der Waals surface area contributed by atoms with Gasteiger partial charge in [0.15, 0.2) is 5.96 Å². The molecule has 20 heavy (non-hydrogen) atoms. The Morgan fingerprint density at radius 2 is 2.05 bits per heavy atom. The average molecular weight is 393 g/mol. The Labute approximate surface area is 140 Å². The third-order valence-electron chi connectivity index (χ3n) is 3.46. The van der Waals surface area contributed by atoms with Crippen molar-refractivity contribution in [3.05, 3.63) is 24.0 Å². The zero-order chi connectivity index (χ0) is 14.4. The van der Waals surface area contributed by atoms with Gasteiger partial charge in [0.2, 0.25) is 0 Å². The molecule has 0 fully saturated rings. The number of hydrogen-bond acceptors (Lipinski definition) is 2. The first-order valence-corrected chi connectivity index (χ1v) is 6.64. The average Bonchev–Trinajstić information content (AvgIpc) is 2.75. The van der Waals surface area contributed by atoms with E-state index in [9.17, 15) is 0 Å². The minimum Gasteiger partial charge on any atom is -0.355 e. The molecule has 0 saturated heterocycles. The standard InChI is InChI=1S/C14H27N5.HI/c1-12(17(3)4)10-16-14(15-2)19(6)11-13-8-7-9-18(13)5;/h7-9,12H,10-11H2,1-6H3,(H,15,16);1H. The molecule has 116 valence electrons. The number of nitrogens with one attached hydrogen (secondary N) is 1. The van der Waals surface area contributed by atoms with Crippen LogP contribution < -0.4 is 5.32 Å². The Kier molecular flexibility index (Phi) is 8.88. The van der Waals surface area contributed by atoms with Crippen LogP contribution in [0.2, 0.25) is 0 Å². The summed E-state index contributed by atoms with van der Waals surface area (Å²) in [7, 11) is 10.1. The molecular formula is C14H28IN5. The Morgan fingerprint density at radius 3 is 2.50 bits per heavy atom. The second-order valence-electron chi connectivity index (χ2n) is 5.21. The maximum atomic E-state index is 4.33. The Bertz CT molecular complexity index is 413. The SMILES string of the molecule is CN=C(NCC(C)N(C)C)N(C)Cc1cccn1C.I. The van der Waals surface area contributed by atoms with Gasteiger partial charge in [-0.2, -0.15) is 0 Å². The monoisotopic (exact) mass is 393 g/mol. The predicted octanol–water partition coefficient (Wildman–Crippen LogP) is 1.60. The number of halogens is 1. The molecule has 1 atom stereocenters. The molecule has 0 aliphatic heterocycles. The predicted molar refractivity (Wildman–Crippen MR) is 96.8 cm³/mol. The van der Waals surface area contributed by atoms with E-state index in [1.54, 1.807) is 0 Å². The highest BCUT2D eigenvalue weighted by Crippen LogP contribution is 2.03. The molecule has 0 radical (unpaired) electrons. The first-order chi connectivity index (χ1) is 8.95. The van der Waals surface area contributed by atoms with E-state index in [0.29, 0.717) is 6.04 Å². The lowest BCUT2D eigenvalue weighted by Crippen LogP contribution is -2.44. The third kappa shape index (κ3) is 5.70. The van der Waals surface area contributed by atoms with Crippen LogP contribution in [0.15, 0.2) is 23.3 Å². The summed E-state index contributed by atoms with van der Waals surface area (Å²) in [6.45, 7) is 3.92. The van der Waals surface area contributed by atoms with Gasteiger partial charge in [0.25, 0.3) is 0 Å². The number of likely N-dealkylation sites (N-methyl/N-ethyl adjacent to an activating group) is 1. The molecule has 0 bridgehead atoms. The Hall–Kier alpha value is -0.760. The van der Waals surface area contributed by atoms with E-state index in [1.165, 1.54) is 5.69 Å². The fraction of sp³-hybridized carbons (Fsp3) is 0.643. The molecule has 1 unspecified atom stereocenters. The van der Waals surface area contributed by atoms with Gasteiger partial charge < -0.3 is 19.7 Å². The number of aliphatic imine (C=N–C) groups is 1. The summed E-state index contributed by atoms with van der Waals surface area (Å²) in [5, 5.41) is 3.41. The van der Waals surface area contributed by atoms with Gasteiger partial charge in [0.1, 0.15) is 0 Å². The van der Waals surface area contributed by atoms with E-state index in [1.807, 2.05) is 7.05 Å². The molecular weight excluding hydrogens is 365 g/mol. The lowest BCUT2D eigenvalue weighted by molar-refractivity contribution is 0.309. The van der Waals surface area contributed by atoms with Gasteiger partial charge >= 0.3 is 0 Å². The molecule has 5 nitrogen and oxygen atoms in total. The first kappa shape index (κ1) is 19.2. The lowest BCUT2D eigenvalue weighted by atomic mass is 10.3. The largest absolute Gasteiger partial charge is 0.355 e. The van der Waals surface area contributed by atoms with Crippen molar-refractivity contribution in [3.8, 4) is 0 Å². The first-order valence-electron chi connectivity index (χ1n) is 6.64. The summed E-state index contributed by atoms with van der Waals surface area (Å²) in [5.41, 5.74) is 1.27. The van der Waals surface area contributed by atoms with Crippen LogP contribution >= 0.6 is 24.0 Å². The maximum absolute atomic E-state index is 4.33. The number of guanidine groups is 1. The lowest BCUT2D eigenvalue weighted by Gasteiger charge is -2.26. The number of aryl methyl sites for hydroxylation is 1. The van der Waals surface area contributed by atoms with Crippen LogP contribution in [0, 0.1) is 0 Å². The third-order valence-corrected chi connectivity index (χ3v) is 3.46. The molecule has 1 rings (SSSR count). The Balaban J connectivity index is 0.00000361. The zero-order valence-corrected chi connectivity index (χ0v) is 15.8. The summed E-state index contributed by atoms with van der Waals surface area (Å²) in [6, 6.07) is 4.67. The van der Waals surface area contributed by atoms with Crippen LogP contribution in [0.5, 0.6) is 0 Å². The highest BCUT2D eigenvalue weighted by molar-refractivity contribution is 14.0. The van der Waals surface area contributed by atoms with E-state index in [0.717, 1.165) is 19.0 Å². The molecule has 1 N–H and O–H groups in total. The van der Waals surface area contributed by atoms with E-state index < -0.39 is 0 Å². The molecule has 0 aromatic carbocycles. The second kappa shape index (κ2) is 9.23. The van der Waals surface area contributed by atoms with Crippen LogP contribution in [0.25, 0.3) is 0 Å². The molecule has 1 aromatic heterocycles. The van der Waals surface area contributed by atoms with Gasteiger partial charge in [-0.15, -0.1) is 24.0 Å². The molecule has 0 aliphatic carbocycles. The van der Waals surface area contributed by atoms with Gasteiger partial charge in [-0.05, 0) is 33.2 Å². The van der Waals surface area contributed by atoms with E-state index >= 15 is 0 Å². The highest BCUT2D eigenvalue weighted by atomic mass is 127. The summed E-state index contributed by atoms with van der Waals surface area (Å²) >= 11 is 0. The molecule has 0 amide bonds. The quantitative estimate of drug-likeness (QED) is 0.469. The van der Waals surface area contributed by atoms with Crippen molar-refractivity contribution in [1.82, 2.24) is 19.7 Å². The summed E-state index contributed by atoms with van der Waals surface area (Å²) in [4.78, 5) is 8.66.